The molecular weight excluding hydrogens is 285 g/mol. The number of nitrogens with two attached hydrogens (primary N) is 1. The third-order valence-electron chi connectivity index (χ3n) is 3.64. The molecule has 5 nitrogen and oxygen atoms in total. The van der Waals surface area contributed by atoms with Crippen LogP contribution in [-0.2, 0) is 6.54 Å². The Balaban J connectivity index is 1.97. The molecule has 2 rings (SSSR count). The molecule has 0 spiro atoms. The topological polar surface area (TPSA) is 81.1 Å². The SMILES string of the molecule is CCC(C)C(N)c1nc(C(=O)NCc2cccc(F)c2)co1. The summed E-state index contributed by atoms with van der Waals surface area (Å²) in [6, 6.07) is 5.71. The van der Waals surface area contributed by atoms with Crippen LogP contribution >= 0.6 is 0 Å². The van der Waals surface area contributed by atoms with Gasteiger partial charge in [-0.3, -0.25) is 4.79 Å². The molecule has 0 bridgehead atoms. The number of carbonyl (C=O) groups is 1. The molecule has 1 heterocycles. The highest BCUT2D eigenvalue weighted by Gasteiger charge is 2.20. The molecule has 3 N–H and O–H groups in total. The molecule has 6 heteroatoms. The molecule has 0 fully saturated rings. The van der Waals surface area contributed by atoms with E-state index < -0.39 is 0 Å². The third-order valence-corrected chi connectivity index (χ3v) is 3.64. The molecule has 22 heavy (non-hydrogen) atoms. The lowest BCUT2D eigenvalue weighted by atomic mass is 10.0. The third kappa shape index (κ3) is 3.92. The molecule has 0 aliphatic carbocycles. The molecule has 2 unspecified atom stereocenters. The average Bonchev–Trinajstić information content (AvgIpc) is 3.01. The number of rotatable bonds is 6. The molecule has 2 aromatic rings. The molecule has 1 amide bonds. The molecule has 1 aromatic heterocycles. The summed E-state index contributed by atoms with van der Waals surface area (Å²) in [4.78, 5) is 16.1. The van der Waals surface area contributed by atoms with E-state index in [0.717, 1.165) is 6.42 Å². The van der Waals surface area contributed by atoms with Gasteiger partial charge in [0.2, 0.25) is 5.89 Å². The van der Waals surface area contributed by atoms with Gasteiger partial charge in [-0.1, -0.05) is 32.4 Å². The molecule has 0 aliphatic rings. The minimum Gasteiger partial charge on any atom is -0.446 e. The summed E-state index contributed by atoms with van der Waals surface area (Å²) in [6.07, 6.45) is 2.18. The van der Waals surface area contributed by atoms with Crippen LogP contribution in [0.15, 0.2) is 34.9 Å². The van der Waals surface area contributed by atoms with Crippen LogP contribution in [0.5, 0.6) is 0 Å². The van der Waals surface area contributed by atoms with Crippen LogP contribution in [0.25, 0.3) is 0 Å². The van der Waals surface area contributed by atoms with E-state index in [9.17, 15) is 9.18 Å². The quantitative estimate of drug-likeness (QED) is 0.860. The van der Waals surface area contributed by atoms with Gasteiger partial charge in [-0.05, 0) is 23.6 Å². The molecule has 0 saturated carbocycles. The molecule has 1 aromatic carbocycles. The van der Waals surface area contributed by atoms with Gasteiger partial charge in [0.15, 0.2) is 5.69 Å². The van der Waals surface area contributed by atoms with E-state index in [4.69, 9.17) is 10.2 Å². The van der Waals surface area contributed by atoms with Crippen molar-refractivity contribution < 1.29 is 13.6 Å². The first-order valence-corrected chi connectivity index (χ1v) is 7.25. The fraction of sp³-hybridized carbons (Fsp3) is 0.375. The Bertz CT molecular complexity index is 642. The summed E-state index contributed by atoms with van der Waals surface area (Å²) >= 11 is 0. The van der Waals surface area contributed by atoms with E-state index in [1.807, 2.05) is 13.8 Å². The second-order valence-corrected chi connectivity index (χ2v) is 5.29. The van der Waals surface area contributed by atoms with Gasteiger partial charge in [0.25, 0.3) is 5.91 Å². The molecule has 0 aliphatic heterocycles. The maximum absolute atomic E-state index is 13.1. The van der Waals surface area contributed by atoms with Gasteiger partial charge in [-0.15, -0.1) is 0 Å². The fourth-order valence-corrected chi connectivity index (χ4v) is 1.96. The minimum atomic E-state index is -0.379. The summed E-state index contributed by atoms with van der Waals surface area (Å²) in [5.74, 6) is -0.155. The summed E-state index contributed by atoms with van der Waals surface area (Å²) < 4.78 is 18.3. The van der Waals surface area contributed by atoms with Crippen molar-refractivity contribution in [2.45, 2.75) is 32.9 Å². The Morgan fingerprint density at radius 1 is 1.50 bits per heavy atom. The molecule has 0 saturated heterocycles. The second-order valence-electron chi connectivity index (χ2n) is 5.29. The molecular formula is C16H20FN3O2. The van der Waals surface area contributed by atoms with Crippen molar-refractivity contribution in [2.24, 2.45) is 11.7 Å². The van der Waals surface area contributed by atoms with Crippen molar-refractivity contribution in [2.75, 3.05) is 0 Å². The highest BCUT2D eigenvalue weighted by Crippen LogP contribution is 2.21. The number of hydrogen-bond donors (Lipinski definition) is 2. The number of halogens is 1. The molecule has 118 valence electrons. The maximum atomic E-state index is 13.1. The number of oxazole rings is 1. The van der Waals surface area contributed by atoms with Gasteiger partial charge >= 0.3 is 0 Å². The number of amides is 1. The monoisotopic (exact) mass is 305 g/mol. The lowest BCUT2D eigenvalue weighted by Gasteiger charge is -2.13. The van der Waals surface area contributed by atoms with Crippen molar-refractivity contribution in [1.29, 1.82) is 0 Å². The first-order valence-electron chi connectivity index (χ1n) is 7.25. The zero-order chi connectivity index (χ0) is 16.1. The van der Waals surface area contributed by atoms with E-state index in [-0.39, 0.29) is 35.9 Å². The highest BCUT2D eigenvalue weighted by molar-refractivity contribution is 5.91. The van der Waals surface area contributed by atoms with Crippen LogP contribution < -0.4 is 11.1 Å². The van der Waals surface area contributed by atoms with Crippen LogP contribution in [0.2, 0.25) is 0 Å². The van der Waals surface area contributed by atoms with Gasteiger partial charge in [0, 0.05) is 6.54 Å². The largest absolute Gasteiger partial charge is 0.446 e. The van der Waals surface area contributed by atoms with Crippen LogP contribution in [0, 0.1) is 11.7 Å². The zero-order valence-corrected chi connectivity index (χ0v) is 12.7. The number of carbonyl (C=O) groups excluding carboxylic acids is 1. The first kappa shape index (κ1) is 16.2. The summed E-state index contributed by atoms with van der Waals surface area (Å²) in [7, 11) is 0. The zero-order valence-electron chi connectivity index (χ0n) is 12.7. The van der Waals surface area contributed by atoms with Crippen molar-refractivity contribution in [3.05, 3.63) is 53.5 Å². The van der Waals surface area contributed by atoms with E-state index in [0.29, 0.717) is 11.5 Å². The number of aromatic nitrogens is 1. The summed E-state index contributed by atoms with van der Waals surface area (Å²) in [5.41, 5.74) is 6.86. The maximum Gasteiger partial charge on any atom is 0.273 e. The lowest BCUT2D eigenvalue weighted by Crippen LogP contribution is -2.24. The van der Waals surface area contributed by atoms with Gasteiger partial charge in [-0.25, -0.2) is 9.37 Å². The smallest absolute Gasteiger partial charge is 0.273 e. The normalized spacial score (nSPS) is 13.6. The summed E-state index contributed by atoms with van der Waals surface area (Å²) in [6.45, 7) is 4.24. The number of nitrogens with zero attached hydrogens (tertiary/aromatic N) is 1. The second kappa shape index (κ2) is 7.17. The Hall–Kier alpha value is -2.21. The van der Waals surface area contributed by atoms with Crippen molar-refractivity contribution >= 4 is 5.91 Å². The van der Waals surface area contributed by atoms with E-state index >= 15 is 0 Å². The van der Waals surface area contributed by atoms with Crippen LogP contribution in [0.1, 0.15) is 48.3 Å². The predicted molar refractivity (Wildman–Crippen MR) is 80.5 cm³/mol. The fourth-order valence-electron chi connectivity index (χ4n) is 1.96. The van der Waals surface area contributed by atoms with Crippen LogP contribution in [0.3, 0.4) is 0 Å². The summed E-state index contributed by atoms with van der Waals surface area (Å²) in [5, 5.41) is 2.67. The minimum absolute atomic E-state index is 0.171. The lowest BCUT2D eigenvalue weighted by molar-refractivity contribution is 0.0945. The van der Waals surface area contributed by atoms with E-state index in [1.165, 1.54) is 18.4 Å². The van der Waals surface area contributed by atoms with Crippen molar-refractivity contribution in [3.8, 4) is 0 Å². The van der Waals surface area contributed by atoms with Crippen LogP contribution in [-0.4, -0.2) is 10.9 Å². The van der Waals surface area contributed by atoms with Crippen molar-refractivity contribution in [3.63, 3.8) is 0 Å². The van der Waals surface area contributed by atoms with Gasteiger partial charge in [-0.2, -0.15) is 0 Å². The number of nitrogens with one attached hydrogen (secondary N) is 1. The van der Waals surface area contributed by atoms with Gasteiger partial charge in [0.1, 0.15) is 12.1 Å². The number of hydrogen-bond acceptors (Lipinski definition) is 4. The number of benzene rings is 1. The van der Waals surface area contributed by atoms with Crippen LogP contribution in [0.4, 0.5) is 4.39 Å². The first-order chi connectivity index (χ1) is 10.5. The highest BCUT2D eigenvalue weighted by atomic mass is 19.1. The van der Waals surface area contributed by atoms with Gasteiger partial charge in [0.05, 0.1) is 6.04 Å². The van der Waals surface area contributed by atoms with E-state index in [2.05, 4.69) is 10.3 Å². The van der Waals surface area contributed by atoms with E-state index in [1.54, 1.807) is 12.1 Å². The van der Waals surface area contributed by atoms with Crippen molar-refractivity contribution in [1.82, 2.24) is 10.3 Å². The Labute approximate surface area is 128 Å². The molecule has 2 atom stereocenters. The molecule has 0 radical (unpaired) electrons. The average molecular weight is 305 g/mol. The Kier molecular flexibility index (Phi) is 5.27. The predicted octanol–water partition coefficient (Wildman–Crippen LogP) is 2.79. The standard InChI is InChI=1S/C16H20FN3O2/c1-3-10(2)14(18)16-20-13(9-22-16)15(21)19-8-11-5-4-6-12(17)7-11/h4-7,9-10,14H,3,8,18H2,1-2H3,(H,19,21). The Morgan fingerprint density at radius 3 is 2.95 bits per heavy atom. The van der Waals surface area contributed by atoms with Gasteiger partial charge < -0.3 is 15.5 Å². The Morgan fingerprint density at radius 2 is 2.27 bits per heavy atom.